The highest BCUT2D eigenvalue weighted by molar-refractivity contribution is 5.93. The van der Waals surface area contributed by atoms with E-state index in [2.05, 4.69) is 22.6 Å². The summed E-state index contributed by atoms with van der Waals surface area (Å²) in [5.41, 5.74) is 2.15. The minimum absolute atomic E-state index is 0. The van der Waals surface area contributed by atoms with Crippen LogP contribution in [0.25, 0.3) is 5.69 Å². The number of nitrogens with one attached hydrogen (secondary N) is 1. The zero-order chi connectivity index (χ0) is 18.7. The zero-order valence-electron chi connectivity index (χ0n) is 16.3. The van der Waals surface area contributed by atoms with Crippen LogP contribution in [0.1, 0.15) is 43.9 Å². The lowest BCUT2D eigenvalue weighted by Gasteiger charge is -2.31. The molecule has 1 atom stereocenters. The molecule has 8 heteroatoms. The fourth-order valence-electron chi connectivity index (χ4n) is 3.20. The van der Waals surface area contributed by atoms with Crippen molar-refractivity contribution < 1.29 is 9.53 Å². The number of rotatable bonds is 5. The summed E-state index contributed by atoms with van der Waals surface area (Å²) >= 11 is 0. The first kappa shape index (κ1) is 21.2. The molecule has 3 rings (SSSR count). The van der Waals surface area contributed by atoms with Crippen LogP contribution in [0.3, 0.4) is 0 Å². The van der Waals surface area contributed by atoms with Crippen LogP contribution in [0.15, 0.2) is 24.3 Å². The normalized spacial score (nSPS) is 16.9. The Morgan fingerprint density at radius 2 is 2.04 bits per heavy atom. The van der Waals surface area contributed by atoms with Gasteiger partial charge in [-0.3, -0.25) is 4.79 Å². The number of carbonyl (C=O) groups is 1. The van der Waals surface area contributed by atoms with E-state index in [0.717, 1.165) is 23.7 Å². The Morgan fingerprint density at radius 3 is 2.63 bits per heavy atom. The highest BCUT2D eigenvalue weighted by atomic mass is 35.5. The number of carbonyl (C=O) groups excluding carboxylic acids is 1. The molecular weight excluding hydrogens is 366 g/mol. The van der Waals surface area contributed by atoms with Crippen molar-refractivity contribution in [3.05, 3.63) is 35.7 Å². The number of piperazine rings is 1. The first-order chi connectivity index (χ1) is 12.5. The molecule has 1 aliphatic heterocycles. The second kappa shape index (κ2) is 9.19. The Hall–Kier alpha value is -2.12. The largest absolute Gasteiger partial charge is 0.491 e. The molecule has 0 saturated carbocycles. The van der Waals surface area contributed by atoms with Crippen LogP contribution < -0.4 is 10.1 Å². The molecular formula is C19H28ClN5O2. The lowest BCUT2D eigenvalue weighted by molar-refractivity contribution is 0.0702. The Bertz CT molecular complexity index is 760. The van der Waals surface area contributed by atoms with Gasteiger partial charge in [0.25, 0.3) is 5.91 Å². The van der Waals surface area contributed by atoms with Crippen molar-refractivity contribution in [2.75, 3.05) is 19.6 Å². The van der Waals surface area contributed by atoms with E-state index >= 15 is 0 Å². The smallest absolute Gasteiger partial charge is 0.276 e. The Morgan fingerprint density at radius 1 is 1.33 bits per heavy atom. The number of aromatic nitrogens is 3. The molecule has 0 radical (unpaired) electrons. The summed E-state index contributed by atoms with van der Waals surface area (Å²) in [6, 6.07) is 7.99. The van der Waals surface area contributed by atoms with Gasteiger partial charge in [-0.2, -0.15) is 0 Å². The van der Waals surface area contributed by atoms with E-state index in [4.69, 9.17) is 4.74 Å². The van der Waals surface area contributed by atoms with Gasteiger partial charge in [0.15, 0.2) is 5.69 Å². The Balaban J connectivity index is 0.00000261. The quantitative estimate of drug-likeness (QED) is 0.844. The Kier molecular flexibility index (Phi) is 7.21. The first-order valence-electron chi connectivity index (χ1n) is 9.24. The zero-order valence-corrected chi connectivity index (χ0v) is 17.1. The van der Waals surface area contributed by atoms with E-state index in [9.17, 15) is 4.79 Å². The number of benzene rings is 1. The van der Waals surface area contributed by atoms with Crippen LogP contribution in [-0.4, -0.2) is 57.6 Å². The number of nitrogens with zero attached hydrogens (tertiary/aromatic N) is 4. The van der Waals surface area contributed by atoms with E-state index < -0.39 is 0 Å². The van der Waals surface area contributed by atoms with Crippen LogP contribution in [-0.2, 0) is 6.42 Å². The predicted molar refractivity (Wildman–Crippen MR) is 107 cm³/mol. The molecule has 2 aromatic rings. The molecule has 0 spiro atoms. The monoisotopic (exact) mass is 393 g/mol. The van der Waals surface area contributed by atoms with Crippen LogP contribution in [0.4, 0.5) is 0 Å². The summed E-state index contributed by atoms with van der Waals surface area (Å²) in [6.07, 6.45) is 0.809. The molecule has 1 saturated heterocycles. The van der Waals surface area contributed by atoms with Gasteiger partial charge in [0.2, 0.25) is 0 Å². The molecule has 148 valence electrons. The van der Waals surface area contributed by atoms with Gasteiger partial charge in [-0.15, -0.1) is 17.5 Å². The van der Waals surface area contributed by atoms with Gasteiger partial charge in [0.1, 0.15) is 5.75 Å². The van der Waals surface area contributed by atoms with Crippen LogP contribution in [0.2, 0.25) is 0 Å². The maximum Gasteiger partial charge on any atom is 0.276 e. The minimum Gasteiger partial charge on any atom is -0.491 e. The maximum absolute atomic E-state index is 12.9. The van der Waals surface area contributed by atoms with E-state index in [-0.39, 0.29) is 24.4 Å². The fourth-order valence-corrected chi connectivity index (χ4v) is 3.20. The number of amides is 1. The number of hydrogen-bond acceptors (Lipinski definition) is 5. The third-order valence-corrected chi connectivity index (χ3v) is 4.41. The second-order valence-electron chi connectivity index (χ2n) is 6.92. The third kappa shape index (κ3) is 4.78. The van der Waals surface area contributed by atoms with Crippen LogP contribution in [0.5, 0.6) is 5.75 Å². The summed E-state index contributed by atoms with van der Waals surface area (Å²) in [6.45, 7) is 10.3. The molecule has 0 aliphatic carbocycles. The average molecular weight is 394 g/mol. The maximum atomic E-state index is 12.9. The summed E-state index contributed by atoms with van der Waals surface area (Å²) in [5, 5.41) is 11.8. The van der Waals surface area contributed by atoms with Crippen molar-refractivity contribution >= 4 is 18.3 Å². The molecule has 2 heterocycles. The molecule has 0 bridgehead atoms. The van der Waals surface area contributed by atoms with E-state index in [1.807, 2.05) is 49.9 Å². The van der Waals surface area contributed by atoms with Gasteiger partial charge in [0, 0.05) is 25.7 Å². The first-order valence-corrected chi connectivity index (χ1v) is 9.24. The molecule has 1 fully saturated rings. The molecule has 1 unspecified atom stereocenters. The molecule has 1 amide bonds. The lowest BCUT2D eigenvalue weighted by Crippen LogP contribution is -2.51. The van der Waals surface area contributed by atoms with Gasteiger partial charge < -0.3 is 15.0 Å². The lowest BCUT2D eigenvalue weighted by atomic mass is 10.2. The molecule has 7 nitrogen and oxygen atoms in total. The van der Waals surface area contributed by atoms with E-state index in [0.29, 0.717) is 31.2 Å². The highest BCUT2D eigenvalue weighted by Crippen LogP contribution is 2.20. The summed E-state index contributed by atoms with van der Waals surface area (Å²) < 4.78 is 7.43. The molecule has 27 heavy (non-hydrogen) atoms. The molecule has 1 aromatic carbocycles. The van der Waals surface area contributed by atoms with Gasteiger partial charge in [-0.25, -0.2) is 4.68 Å². The van der Waals surface area contributed by atoms with Crippen molar-refractivity contribution in [2.24, 2.45) is 0 Å². The van der Waals surface area contributed by atoms with Crippen LogP contribution in [0, 0.1) is 0 Å². The molecule has 1 N–H and O–H groups in total. The predicted octanol–water partition coefficient (Wildman–Crippen LogP) is 2.47. The van der Waals surface area contributed by atoms with Gasteiger partial charge in [-0.05, 0) is 51.5 Å². The number of halogens is 1. The molecule has 1 aliphatic rings. The van der Waals surface area contributed by atoms with Crippen molar-refractivity contribution in [3.63, 3.8) is 0 Å². The summed E-state index contributed by atoms with van der Waals surface area (Å²) in [5.74, 6) is 0.772. The summed E-state index contributed by atoms with van der Waals surface area (Å²) in [7, 11) is 0. The van der Waals surface area contributed by atoms with Gasteiger partial charge >= 0.3 is 0 Å². The number of ether oxygens (including phenoxy) is 1. The van der Waals surface area contributed by atoms with Crippen molar-refractivity contribution in [3.8, 4) is 11.4 Å². The van der Waals surface area contributed by atoms with Gasteiger partial charge in [0.05, 0.1) is 17.5 Å². The highest BCUT2D eigenvalue weighted by Gasteiger charge is 2.27. The van der Waals surface area contributed by atoms with Gasteiger partial charge in [-0.1, -0.05) is 12.1 Å². The topological polar surface area (TPSA) is 72.3 Å². The second-order valence-corrected chi connectivity index (χ2v) is 6.92. The average Bonchev–Trinajstić information content (AvgIpc) is 3.05. The van der Waals surface area contributed by atoms with E-state index in [1.165, 1.54) is 0 Å². The Labute approximate surface area is 166 Å². The minimum atomic E-state index is -0.0405. The van der Waals surface area contributed by atoms with E-state index in [1.54, 1.807) is 4.68 Å². The molecule has 1 aromatic heterocycles. The summed E-state index contributed by atoms with van der Waals surface area (Å²) in [4.78, 5) is 14.8. The van der Waals surface area contributed by atoms with Crippen molar-refractivity contribution in [1.82, 2.24) is 25.2 Å². The fraction of sp³-hybridized carbons (Fsp3) is 0.526. The standard InChI is InChI=1S/C19H27N5O2.ClH/c1-5-17-18(19(25)23-11-10-20-14(4)12-23)21-22-24(17)15-6-8-16(9-7-15)26-13(2)3;/h6-9,13-14,20H,5,10-12H2,1-4H3;1H. The van der Waals surface area contributed by atoms with Crippen molar-refractivity contribution in [2.45, 2.75) is 46.3 Å². The van der Waals surface area contributed by atoms with Crippen LogP contribution >= 0.6 is 12.4 Å². The number of hydrogen-bond donors (Lipinski definition) is 1. The SMILES string of the molecule is CCc1c(C(=O)N2CCNC(C)C2)nnn1-c1ccc(OC(C)C)cc1.Cl. The third-order valence-electron chi connectivity index (χ3n) is 4.41. The van der Waals surface area contributed by atoms with Crippen molar-refractivity contribution in [1.29, 1.82) is 0 Å².